The SMILES string of the molecule is CC(=O)Oc1c(C)c(-c2cc3cc(OCc4c(C)ncn4S(=O)(=O)c4ccc(C)cc4)ccc3o2)oc(=O)c1C. The first-order chi connectivity index (χ1) is 19.0. The summed E-state index contributed by atoms with van der Waals surface area (Å²) in [7, 11) is -3.86. The summed E-state index contributed by atoms with van der Waals surface area (Å²) in [6, 6.07) is 13.4. The first-order valence-corrected chi connectivity index (χ1v) is 13.7. The zero-order valence-corrected chi connectivity index (χ0v) is 23.3. The van der Waals surface area contributed by atoms with Crippen LogP contribution in [0, 0.1) is 27.7 Å². The molecule has 3 heterocycles. The molecular weight excluding hydrogens is 536 g/mol. The van der Waals surface area contributed by atoms with E-state index in [0.29, 0.717) is 33.7 Å². The van der Waals surface area contributed by atoms with Crippen molar-refractivity contribution in [2.75, 3.05) is 0 Å². The minimum atomic E-state index is -3.86. The van der Waals surface area contributed by atoms with Gasteiger partial charge in [-0.1, -0.05) is 17.7 Å². The average Bonchev–Trinajstić information content (AvgIpc) is 3.50. The Labute approximate surface area is 229 Å². The second kappa shape index (κ2) is 10.2. The molecule has 0 atom stereocenters. The Kier molecular flexibility index (Phi) is 6.84. The monoisotopic (exact) mass is 562 g/mol. The second-order valence-electron chi connectivity index (χ2n) is 9.38. The van der Waals surface area contributed by atoms with Crippen molar-refractivity contribution in [2.24, 2.45) is 0 Å². The number of rotatable bonds is 7. The van der Waals surface area contributed by atoms with E-state index < -0.39 is 21.6 Å². The van der Waals surface area contributed by atoms with Crippen LogP contribution in [0.15, 0.2) is 73.4 Å². The summed E-state index contributed by atoms with van der Waals surface area (Å²) in [4.78, 5) is 28.3. The summed E-state index contributed by atoms with van der Waals surface area (Å²) >= 11 is 0. The minimum Gasteiger partial charge on any atom is -0.487 e. The van der Waals surface area contributed by atoms with Gasteiger partial charge in [0.1, 0.15) is 30.0 Å². The molecule has 0 bridgehead atoms. The maximum absolute atomic E-state index is 13.3. The summed E-state index contributed by atoms with van der Waals surface area (Å²) in [5.41, 5.74) is 2.35. The van der Waals surface area contributed by atoms with Gasteiger partial charge in [-0.15, -0.1) is 0 Å². The molecular formula is C29H26N2O8S. The minimum absolute atomic E-state index is 0.0508. The maximum atomic E-state index is 13.3. The molecule has 0 aliphatic heterocycles. The maximum Gasteiger partial charge on any atom is 0.343 e. The molecule has 3 aromatic heterocycles. The highest BCUT2D eigenvalue weighted by molar-refractivity contribution is 7.90. The normalized spacial score (nSPS) is 11.6. The summed E-state index contributed by atoms with van der Waals surface area (Å²) in [6.07, 6.45) is 1.27. The molecule has 2 aromatic carbocycles. The largest absolute Gasteiger partial charge is 0.487 e. The van der Waals surface area contributed by atoms with Crippen LogP contribution in [0.4, 0.5) is 0 Å². The molecule has 0 saturated heterocycles. The number of ether oxygens (including phenoxy) is 2. The highest BCUT2D eigenvalue weighted by Gasteiger charge is 2.23. The van der Waals surface area contributed by atoms with Crippen molar-refractivity contribution in [3.63, 3.8) is 0 Å². The number of furan rings is 1. The predicted octanol–water partition coefficient (Wildman–Crippen LogP) is 5.22. The zero-order valence-electron chi connectivity index (χ0n) is 22.5. The van der Waals surface area contributed by atoms with Gasteiger partial charge in [0, 0.05) is 17.9 Å². The van der Waals surface area contributed by atoms with E-state index >= 15 is 0 Å². The van der Waals surface area contributed by atoms with Crippen molar-refractivity contribution in [1.29, 1.82) is 0 Å². The fourth-order valence-corrected chi connectivity index (χ4v) is 5.62. The Morgan fingerprint density at radius 2 is 1.70 bits per heavy atom. The number of aromatic nitrogens is 2. The molecule has 0 unspecified atom stereocenters. The molecule has 206 valence electrons. The van der Waals surface area contributed by atoms with E-state index in [4.69, 9.17) is 18.3 Å². The lowest BCUT2D eigenvalue weighted by Gasteiger charge is -2.12. The molecule has 0 N–H and O–H groups in total. The number of fused-ring (bicyclic) bond motifs is 1. The summed E-state index contributed by atoms with van der Waals surface area (Å²) in [5.74, 6) is 0.454. The first-order valence-electron chi connectivity index (χ1n) is 12.3. The van der Waals surface area contributed by atoms with Crippen LogP contribution >= 0.6 is 0 Å². The molecule has 5 aromatic rings. The van der Waals surface area contributed by atoms with Crippen LogP contribution in [-0.4, -0.2) is 23.3 Å². The highest BCUT2D eigenvalue weighted by atomic mass is 32.2. The zero-order chi connectivity index (χ0) is 28.8. The summed E-state index contributed by atoms with van der Waals surface area (Å²) in [5, 5.41) is 0.654. The molecule has 0 radical (unpaired) electrons. The molecule has 0 aliphatic carbocycles. The van der Waals surface area contributed by atoms with Crippen molar-refractivity contribution in [3.05, 3.63) is 93.4 Å². The number of imidazole rings is 1. The molecule has 40 heavy (non-hydrogen) atoms. The van der Waals surface area contributed by atoms with Crippen molar-refractivity contribution < 1.29 is 31.5 Å². The van der Waals surface area contributed by atoms with E-state index in [2.05, 4.69) is 4.98 Å². The second-order valence-corrected chi connectivity index (χ2v) is 11.2. The van der Waals surface area contributed by atoms with Gasteiger partial charge in [0.25, 0.3) is 10.0 Å². The van der Waals surface area contributed by atoms with Crippen molar-refractivity contribution >= 4 is 27.0 Å². The fraction of sp³-hybridized carbons (Fsp3) is 0.207. The van der Waals surface area contributed by atoms with Gasteiger partial charge in [0.15, 0.2) is 11.5 Å². The lowest BCUT2D eigenvalue weighted by molar-refractivity contribution is -0.132. The Morgan fingerprint density at radius 1 is 0.975 bits per heavy atom. The van der Waals surface area contributed by atoms with Crippen molar-refractivity contribution in [3.8, 4) is 23.0 Å². The summed E-state index contributed by atoms with van der Waals surface area (Å²) < 4.78 is 50.2. The Bertz CT molecular complexity index is 1930. The molecule has 10 nitrogen and oxygen atoms in total. The molecule has 5 rings (SSSR count). The van der Waals surface area contributed by atoms with Crippen LogP contribution in [0.3, 0.4) is 0 Å². The van der Waals surface area contributed by atoms with Gasteiger partial charge in [-0.2, -0.15) is 0 Å². The molecule has 0 fully saturated rings. The van der Waals surface area contributed by atoms with Crippen LogP contribution in [0.1, 0.15) is 35.0 Å². The van der Waals surface area contributed by atoms with E-state index in [1.807, 2.05) is 6.92 Å². The molecule has 0 aliphatic rings. The van der Waals surface area contributed by atoms with E-state index in [-0.39, 0.29) is 34.3 Å². The average molecular weight is 563 g/mol. The number of esters is 1. The van der Waals surface area contributed by atoms with Crippen LogP contribution in [-0.2, 0) is 21.4 Å². The Morgan fingerprint density at radius 3 is 2.40 bits per heavy atom. The number of carbonyl (C=O) groups excluding carboxylic acids is 1. The van der Waals surface area contributed by atoms with Crippen LogP contribution in [0.25, 0.3) is 22.5 Å². The molecule has 0 saturated carbocycles. The third-order valence-electron chi connectivity index (χ3n) is 6.47. The van der Waals surface area contributed by atoms with E-state index in [1.54, 1.807) is 62.4 Å². The Hall–Kier alpha value is -4.64. The van der Waals surface area contributed by atoms with Crippen LogP contribution < -0.4 is 15.1 Å². The van der Waals surface area contributed by atoms with Gasteiger partial charge in [0.2, 0.25) is 0 Å². The first kappa shape index (κ1) is 26.9. The van der Waals surface area contributed by atoms with Crippen LogP contribution in [0.2, 0.25) is 0 Å². The number of aryl methyl sites for hydroxylation is 2. The lowest BCUT2D eigenvalue weighted by atomic mass is 10.1. The molecule has 0 spiro atoms. The van der Waals surface area contributed by atoms with E-state index in [1.165, 1.54) is 20.2 Å². The van der Waals surface area contributed by atoms with Crippen molar-refractivity contribution in [2.45, 2.75) is 46.1 Å². The van der Waals surface area contributed by atoms with Gasteiger partial charge >= 0.3 is 11.6 Å². The highest BCUT2D eigenvalue weighted by Crippen LogP contribution is 2.35. The molecule has 11 heteroatoms. The topological polar surface area (TPSA) is 131 Å². The van der Waals surface area contributed by atoms with Crippen molar-refractivity contribution in [1.82, 2.24) is 8.96 Å². The van der Waals surface area contributed by atoms with Gasteiger partial charge in [-0.25, -0.2) is 22.2 Å². The number of benzene rings is 2. The number of hydrogen-bond donors (Lipinski definition) is 0. The summed E-state index contributed by atoms with van der Waals surface area (Å²) in [6.45, 7) is 7.99. The van der Waals surface area contributed by atoms with Crippen LogP contribution in [0.5, 0.6) is 11.5 Å². The van der Waals surface area contributed by atoms with Gasteiger partial charge < -0.3 is 18.3 Å². The lowest BCUT2D eigenvalue weighted by Crippen LogP contribution is -2.16. The number of carbonyl (C=O) groups is 1. The van der Waals surface area contributed by atoms with Gasteiger partial charge in [0.05, 0.1) is 21.8 Å². The third kappa shape index (κ3) is 4.91. The van der Waals surface area contributed by atoms with E-state index in [9.17, 15) is 18.0 Å². The number of hydrogen-bond acceptors (Lipinski definition) is 9. The predicted molar refractivity (Wildman–Crippen MR) is 146 cm³/mol. The fourth-order valence-electron chi connectivity index (χ4n) is 4.27. The Balaban J connectivity index is 1.44. The molecule has 0 amide bonds. The van der Waals surface area contributed by atoms with Gasteiger partial charge in [-0.3, -0.25) is 4.79 Å². The third-order valence-corrected chi connectivity index (χ3v) is 8.17. The van der Waals surface area contributed by atoms with Gasteiger partial charge in [-0.05, 0) is 64.1 Å². The number of nitrogens with zero attached hydrogens (tertiary/aromatic N) is 2. The van der Waals surface area contributed by atoms with E-state index in [0.717, 1.165) is 9.54 Å². The quantitative estimate of drug-likeness (QED) is 0.245. The standard InChI is InChI=1S/C29H26N2O8S/c1-16-6-9-23(10-7-16)40(34,35)31-15-30-19(4)24(31)14-36-22-8-11-25-21(12-22)13-26(38-25)28-17(2)27(37-20(5)32)18(3)29(33)39-28/h6-13,15H,14H2,1-5H3. The smallest absolute Gasteiger partial charge is 0.343 e.